The highest BCUT2D eigenvalue weighted by Crippen LogP contribution is 2.10. The molecule has 0 spiro atoms. The predicted molar refractivity (Wildman–Crippen MR) is 95.1 cm³/mol. The van der Waals surface area contributed by atoms with Crippen molar-refractivity contribution in [3.05, 3.63) is 70.2 Å². The topological polar surface area (TPSA) is 75.3 Å². The first kappa shape index (κ1) is 18.4. The Kier molecular flexibility index (Phi) is 6.36. The van der Waals surface area contributed by atoms with Crippen LogP contribution in [0.2, 0.25) is 5.02 Å². The first-order valence-electron chi connectivity index (χ1n) is 7.39. The number of nitrogens with one attached hydrogen (secondary N) is 2. The summed E-state index contributed by atoms with van der Waals surface area (Å²) in [5, 5.41) is 3.28. The molecule has 2 N–H and O–H groups in total. The summed E-state index contributed by atoms with van der Waals surface area (Å²) in [4.78, 5) is 11.8. The van der Waals surface area contributed by atoms with Gasteiger partial charge in [-0.3, -0.25) is 4.79 Å². The highest BCUT2D eigenvalue weighted by Gasteiger charge is 2.14. The van der Waals surface area contributed by atoms with E-state index in [9.17, 15) is 13.2 Å². The minimum absolute atomic E-state index is 0.149. The van der Waals surface area contributed by atoms with E-state index in [0.29, 0.717) is 17.1 Å². The van der Waals surface area contributed by atoms with E-state index in [1.807, 2.05) is 19.1 Å². The van der Waals surface area contributed by atoms with E-state index in [-0.39, 0.29) is 12.3 Å². The molecule has 0 radical (unpaired) electrons. The Bertz CT molecular complexity index is 805. The van der Waals surface area contributed by atoms with Crippen LogP contribution in [0.15, 0.2) is 48.5 Å². The van der Waals surface area contributed by atoms with E-state index in [0.717, 1.165) is 11.1 Å². The van der Waals surface area contributed by atoms with Crippen LogP contribution in [-0.2, 0) is 27.1 Å². The van der Waals surface area contributed by atoms with Crippen molar-refractivity contribution in [1.29, 1.82) is 0 Å². The fourth-order valence-electron chi connectivity index (χ4n) is 2.07. The van der Waals surface area contributed by atoms with Gasteiger partial charge < -0.3 is 5.32 Å². The average molecular weight is 367 g/mol. The predicted octanol–water partition coefficient (Wildman–Crippen LogP) is 2.38. The van der Waals surface area contributed by atoms with Crippen LogP contribution >= 0.6 is 11.6 Å². The second kappa shape index (κ2) is 8.28. The van der Waals surface area contributed by atoms with Crippen LogP contribution in [0.1, 0.15) is 16.7 Å². The maximum Gasteiger partial charge on any atom is 0.235 e. The van der Waals surface area contributed by atoms with Gasteiger partial charge in [-0.1, -0.05) is 48.0 Å². The number of hydrogen-bond acceptors (Lipinski definition) is 3. The van der Waals surface area contributed by atoms with Crippen molar-refractivity contribution >= 4 is 27.5 Å². The summed E-state index contributed by atoms with van der Waals surface area (Å²) in [5.41, 5.74) is 2.50. The van der Waals surface area contributed by atoms with Gasteiger partial charge in [0.05, 0.1) is 12.3 Å². The number of aryl methyl sites for hydroxylation is 1. The van der Waals surface area contributed by atoms with Gasteiger partial charge in [0.1, 0.15) is 0 Å². The number of amides is 1. The summed E-state index contributed by atoms with van der Waals surface area (Å²) in [7, 11) is -3.57. The highest BCUT2D eigenvalue weighted by atomic mass is 35.5. The third-order valence-electron chi connectivity index (χ3n) is 3.46. The lowest BCUT2D eigenvalue weighted by molar-refractivity contribution is -0.120. The molecule has 2 aromatic rings. The lowest BCUT2D eigenvalue weighted by Crippen LogP contribution is -2.37. The van der Waals surface area contributed by atoms with E-state index >= 15 is 0 Å². The molecule has 2 aromatic carbocycles. The van der Waals surface area contributed by atoms with E-state index in [1.165, 1.54) is 0 Å². The zero-order valence-corrected chi connectivity index (χ0v) is 14.8. The molecule has 24 heavy (non-hydrogen) atoms. The average Bonchev–Trinajstić information content (AvgIpc) is 2.54. The van der Waals surface area contributed by atoms with Gasteiger partial charge >= 0.3 is 0 Å². The van der Waals surface area contributed by atoms with E-state index < -0.39 is 15.9 Å². The van der Waals surface area contributed by atoms with E-state index in [1.54, 1.807) is 36.4 Å². The van der Waals surface area contributed by atoms with Crippen molar-refractivity contribution in [3.8, 4) is 0 Å². The van der Waals surface area contributed by atoms with Gasteiger partial charge in [-0.05, 0) is 35.7 Å². The summed E-state index contributed by atoms with van der Waals surface area (Å²) < 4.78 is 26.4. The Labute approximate surface area is 147 Å². The molecule has 0 atom stereocenters. The first-order chi connectivity index (χ1) is 11.4. The van der Waals surface area contributed by atoms with Gasteiger partial charge in [0.15, 0.2) is 0 Å². The third-order valence-corrected chi connectivity index (χ3v) is 4.99. The van der Waals surface area contributed by atoms with Crippen LogP contribution in [0, 0.1) is 6.92 Å². The zero-order chi connectivity index (χ0) is 17.6. The van der Waals surface area contributed by atoms with Crippen LogP contribution in [-0.4, -0.2) is 20.9 Å². The van der Waals surface area contributed by atoms with E-state index in [4.69, 9.17) is 11.6 Å². The van der Waals surface area contributed by atoms with Gasteiger partial charge in [0.25, 0.3) is 0 Å². The maximum absolute atomic E-state index is 12.1. The van der Waals surface area contributed by atoms with Crippen molar-refractivity contribution in [1.82, 2.24) is 10.0 Å². The monoisotopic (exact) mass is 366 g/mol. The van der Waals surface area contributed by atoms with Gasteiger partial charge in [-0.25, -0.2) is 13.1 Å². The fourth-order valence-corrected chi connectivity index (χ4v) is 3.38. The Balaban J connectivity index is 1.82. The number of carbonyl (C=O) groups excluding carboxylic acids is 1. The molecule has 0 aliphatic rings. The van der Waals surface area contributed by atoms with Crippen molar-refractivity contribution in [3.63, 3.8) is 0 Å². The van der Waals surface area contributed by atoms with Gasteiger partial charge in [0, 0.05) is 11.6 Å². The molecule has 1 amide bonds. The zero-order valence-electron chi connectivity index (χ0n) is 13.3. The van der Waals surface area contributed by atoms with Crippen LogP contribution < -0.4 is 10.0 Å². The molecular weight excluding hydrogens is 348 g/mol. The molecule has 0 aliphatic carbocycles. The molecule has 5 nitrogen and oxygen atoms in total. The summed E-state index contributed by atoms with van der Waals surface area (Å²) >= 11 is 5.79. The maximum atomic E-state index is 12.1. The summed E-state index contributed by atoms with van der Waals surface area (Å²) in [6.07, 6.45) is 0. The van der Waals surface area contributed by atoms with Gasteiger partial charge in [-0.2, -0.15) is 0 Å². The van der Waals surface area contributed by atoms with Crippen LogP contribution in [0.3, 0.4) is 0 Å². The molecule has 0 unspecified atom stereocenters. The number of carbonyl (C=O) groups is 1. The number of hydrogen-bond donors (Lipinski definition) is 2. The number of halogens is 1. The van der Waals surface area contributed by atoms with Gasteiger partial charge in [0.2, 0.25) is 15.9 Å². The number of benzene rings is 2. The number of sulfonamides is 1. The standard InChI is InChI=1S/C17H19ClN2O3S/c1-13-4-2-3-5-15(13)12-24(22,23)20-11-17(21)19-10-14-6-8-16(18)9-7-14/h2-9,20H,10-12H2,1H3,(H,19,21). The quantitative estimate of drug-likeness (QED) is 0.790. The van der Waals surface area contributed by atoms with E-state index in [2.05, 4.69) is 10.0 Å². The molecule has 0 aliphatic heterocycles. The molecule has 2 rings (SSSR count). The Morgan fingerprint density at radius 1 is 1.08 bits per heavy atom. The Morgan fingerprint density at radius 2 is 1.75 bits per heavy atom. The minimum Gasteiger partial charge on any atom is -0.351 e. The first-order valence-corrected chi connectivity index (χ1v) is 9.42. The fraction of sp³-hybridized carbons (Fsp3) is 0.235. The van der Waals surface area contributed by atoms with Crippen molar-refractivity contribution in [2.45, 2.75) is 19.2 Å². The van der Waals surface area contributed by atoms with Crippen molar-refractivity contribution in [2.75, 3.05) is 6.54 Å². The summed E-state index contributed by atoms with van der Waals surface area (Å²) in [5.74, 6) is -0.539. The minimum atomic E-state index is -3.57. The van der Waals surface area contributed by atoms with Gasteiger partial charge in [-0.15, -0.1) is 0 Å². The number of rotatable bonds is 7. The second-order valence-corrected chi connectivity index (χ2v) is 7.65. The molecule has 0 aromatic heterocycles. The smallest absolute Gasteiger partial charge is 0.235 e. The molecule has 0 fully saturated rings. The Hall–Kier alpha value is -1.89. The lowest BCUT2D eigenvalue weighted by atomic mass is 10.1. The normalized spacial score (nSPS) is 11.2. The third kappa shape index (κ3) is 5.96. The van der Waals surface area contributed by atoms with Crippen molar-refractivity contribution in [2.24, 2.45) is 0 Å². The van der Waals surface area contributed by atoms with Crippen LogP contribution in [0.5, 0.6) is 0 Å². The largest absolute Gasteiger partial charge is 0.351 e. The molecule has 128 valence electrons. The molecule has 0 bridgehead atoms. The SMILES string of the molecule is Cc1ccccc1CS(=O)(=O)NCC(=O)NCc1ccc(Cl)cc1. The van der Waals surface area contributed by atoms with Crippen LogP contribution in [0.4, 0.5) is 0 Å². The second-order valence-electron chi connectivity index (χ2n) is 5.41. The summed E-state index contributed by atoms with van der Waals surface area (Å²) in [6, 6.07) is 14.3. The molecule has 0 saturated carbocycles. The lowest BCUT2D eigenvalue weighted by Gasteiger charge is -2.09. The van der Waals surface area contributed by atoms with Crippen LogP contribution in [0.25, 0.3) is 0 Å². The Morgan fingerprint density at radius 3 is 2.42 bits per heavy atom. The molecule has 0 heterocycles. The summed E-state index contributed by atoms with van der Waals surface area (Å²) in [6.45, 7) is 1.88. The molecular formula is C17H19ClN2O3S. The molecule has 7 heteroatoms. The van der Waals surface area contributed by atoms with Crippen molar-refractivity contribution < 1.29 is 13.2 Å². The highest BCUT2D eigenvalue weighted by molar-refractivity contribution is 7.88. The molecule has 0 saturated heterocycles.